The normalized spacial score (nSPS) is 19.3. The molecule has 8 heteroatoms. The van der Waals surface area contributed by atoms with Gasteiger partial charge in [-0.1, -0.05) is 33.1 Å². The van der Waals surface area contributed by atoms with E-state index < -0.39 is 12.1 Å². The number of pyridine rings is 2. The molecule has 4 rings (SSSR count). The maximum atomic E-state index is 13.9. The van der Waals surface area contributed by atoms with Crippen LogP contribution in [-0.2, 0) is 0 Å². The minimum atomic E-state index is -1.11. The number of rotatable bonds is 7. The monoisotopic (exact) mass is 467 g/mol. The minimum absolute atomic E-state index is 0.0611. The topological polar surface area (TPSA) is 102 Å². The number of carboxylic acid groups (broad SMARTS) is 1. The van der Waals surface area contributed by atoms with E-state index in [-0.39, 0.29) is 17.7 Å². The molecule has 1 atom stereocenters. The predicted molar refractivity (Wildman–Crippen MR) is 133 cm³/mol. The van der Waals surface area contributed by atoms with E-state index in [0.717, 1.165) is 44.2 Å². The number of alkyl halides is 1. The van der Waals surface area contributed by atoms with Crippen molar-refractivity contribution in [3.8, 4) is 11.1 Å². The molecule has 1 saturated heterocycles. The SMILES string of the molecule is CC(C)C(=N)c1c(-c2ccc(N3CCCC(F)C3)nc2)cc(C(=O)O)nc1NC1CCCCC1. The van der Waals surface area contributed by atoms with Gasteiger partial charge in [-0.2, -0.15) is 0 Å². The average Bonchev–Trinajstić information content (AvgIpc) is 2.84. The van der Waals surface area contributed by atoms with Crippen molar-refractivity contribution in [2.45, 2.75) is 71.0 Å². The standard InChI is InChI=1S/C26H34FN5O2/c1-16(2)24(28)23-20(17-10-11-22(29-14-17)32-12-6-7-18(27)15-32)13-21(26(33)34)31-25(23)30-19-8-4-3-5-9-19/h10-11,13-14,16,18-19,28H,3-9,12,15H2,1-2H3,(H,30,31)(H,33,34). The van der Waals surface area contributed by atoms with Gasteiger partial charge in [-0.3, -0.25) is 0 Å². The highest BCUT2D eigenvalue weighted by molar-refractivity contribution is 6.09. The fourth-order valence-corrected chi connectivity index (χ4v) is 4.85. The average molecular weight is 468 g/mol. The lowest BCUT2D eigenvalue weighted by Crippen LogP contribution is -2.36. The van der Waals surface area contributed by atoms with Crippen LogP contribution in [0.2, 0.25) is 0 Å². The summed E-state index contributed by atoms with van der Waals surface area (Å²) in [7, 11) is 0. The molecule has 2 fully saturated rings. The lowest BCUT2D eigenvalue weighted by Gasteiger charge is -2.30. The van der Waals surface area contributed by atoms with Gasteiger partial charge in [-0.05, 0) is 55.4 Å². The molecule has 182 valence electrons. The summed E-state index contributed by atoms with van der Waals surface area (Å²) in [5.74, 6) is -0.00630. The second-order valence-corrected chi connectivity index (χ2v) is 9.72. The van der Waals surface area contributed by atoms with Crippen molar-refractivity contribution >= 4 is 23.3 Å². The van der Waals surface area contributed by atoms with E-state index in [1.165, 1.54) is 12.5 Å². The van der Waals surface area contributed by atoms with Crippen molar-refractivity contribution in [1.82, 2.24) is 9.97 Å². The summed E-state index contributed by atoms with van der Waals surface area (Å²) >= 11 is 0. The van der Waals surface area contributed by atoms with E-state index in [4.69, 9.17) is 5.41 Å². The number of halogens is 1. The Hall–Kier alpha value is -3.03. The summed E-state index contributed by atoms with van der Waals surface area (Å²) in [5.41, 5.74) is 2.31. The first-order valence-electron chi connectivity index (χ1n) is 12.3. The summed E-state index contributed by atoms with van der Waals surface area (Å²) < 4.78 is 13.9. The number of nitrogens with one attached hydrogen (secondary N) is 2. The van der Waals surface area contributed by atoms with E-state index in [2.05, 4.69) is 15.3 Å². The Morgan fingerprint density at radius 1 is 1.21 bits per heavy atom. The summed E-state index contributed by atoms with van der Waals surface area (Å²) in [5, 5.41) is 22.1. The highest BCUT2D eigenvalue weighted by Gasteiger charge is 2.25. The first kappa shape index (κ1) is 24.1. The first-order chi connectivity index (χ1) is 16.3. The second kappa shape index (κ2) is 10.5. The molecule has 7 nitrogen and oxygen atoms in total. The van der Waals surface area contributed by atoms with Crippen molar-refractivity contribution < 1.29 is 14.3 Å². The van der Waals surface area contributed by atoms with Crippen LogP contribution in [0.3, 0.4) is 0 Å². The number of carbonyl (C=O) groups is 1. The molecule has 0 aromatic carbocycles. The fourth-order valence-electron chi connectivity index (χ4n) is 4.85. The van der Waals surface area contributed by atoms with E-state index in [0.29, 0.717) is 41.4 Å². The molecule has 0 radical (unpaired) electrons. The molecule has 0 amide bonds. The molecule has 0 bridgehead atoms. The van der Waals surface area contributed by atoms with Crippen LogP contribution in [0.1, 0.15) is 74.8 Å². The van der Waals surface area contributed by atoms with Crippen LogP contribution in [-0.4, -0.2) is 52.1 Å². The quantitative estimate of drug-likeness (QED) is 0.462. The number of aromatic nitrogens is 2. The van der Waals surface area contributed by atoms with Crippen LogP contribution in [0.15, 0.2) is 24.4 Å². The van der Waals surface area contributed by atoms with Crippen LogP contribution in [0.4, 0.5) is 16.0 Å². The number of piperidine rings is 1. The minimum Gasteiger partial charge on any atom is -0.477 e. The summed E-state index contributed by atoms with van der Waals surface area (Å²) in [6.07, 6.45) is 7.70. The van der Waals surface area contributed by atoms with Gasteiger partial charge in [0.05, 0.1) is 6.54 Å². The number of nitrogens with zero attached hydrogens (tertiary/aromatic N) is 3. The van der Waals surface area contributed by atoms with Crippen LogP contribution in [0.25, 0.3) is 11.1 Å². The Balaban J connectivity index is 1.76. The summed E-state index contributed by atoms with van der Waals surface area (Å²) in [4.78, 5) is 22.9. The van der Waals surface area contributed by atoms with Crippen molar-refractivity contribution in [2.24, 2.45) is 5.92 Å². The van der Waals surface area contributed by atoms with Gasteiger partial charge in [-0.25, -0.2) is 19.2 Å². The molecule has 2 aliphatic rings. The third-order valence-electron chi connectivity index (χ3n) is 6.78. The molecule has 2 aromatic rings. The van der Waals surface area contributed by atoms with Crippen LogP contribution < -0.4 is 10.2 Å². The molecule has 3 heterocycles. The molecule has 1 unspecified atom stereocenters. The molecular weight excluding hydrogens is 433 g/mol. The molecule has 0 spiro atoms. The van der Waals surface area contributed by atoms with Gasteiger partial charge in [-0.15, -0.1) is 0 Å². The summed E-state index contributed by atoms with van der Waals surface area (Å²) in [6, 6.07) is 5.48. The lowest BCUT2D eigenvalue weighted by atomic mass is 9.91. The number of carboxylic acids is 1. The number of aromatic carboxylic acids is 1. The second-order valence-electron chi connectivity index (χ2n) is 9.72. The van der Waals surface area contributed by atoms with Gasteiger partial charge in [0, 0.05) is 35.6 Å². The maximum Gasteiger partial charge on any atom is 0.354 e. The van der Waals surface area contributed by atoms with Crippen molar-refractivity contribution in [3.63, 3.8) is 0 Å². The van der Waals surface area contributed by atoms with E-state index in [1.54, 1.807) is 6.20 Å². The van der Waals surface area contributed by atoms with Crippen LogP contribution in [0, 0.1) is 11.3 Å². The van der Waals surface area contributed by atoms with E-state index in [9.17, 15) is 14.3 Å². The van der Waals surface area contributed by atoms with E-state index >= 15 is 0 Å². The Morgan fingerprint density at radius 2 is 1.97 bits per heavy atom. The Bertz CT molecular complexity index is 1030. The van der Waals surface area contributed by atoms with E-state index in [1.807, 2.05) is 30.9 Å². The predicted octanol–water partition coefficient (Wildman–Crippen LogP) is 5.55. The van der Waals surface area contributed by atoms with Gasteiger partial charge in [0.1, 0.15) is 17.8 Å². The van der Waals surface area contributed by atoms with Gasteiger partial charge in [0.15, 0.2) is 5.69 Å². The van der Waals surface area contributed by atoms with Crippen molar-refractivity contribution in [3.05, 3.63) is 35.7 Å². The Labute approximate surface area is 200 Å². The molecule has 2 aromatic heterocycles. The molecule has 3 N–H and O–H groups in total. The van der Waals surface area contributed by atoms with Crippen molar-refractivity contribution in [1.29, 1.82) is 5.41 Å². The molecule has 1 aliphatic heterocycles. The molecular formula is C26H34FN5O2. The highest BCUT2D eigenvalue weighted by Crippen LogP contribution is 2.34. The Morgan fingerprint density at radius 3 is 2.59 bits per heavy atom. The van der Waals surface area contributed by atoms with Gasteiger partial charge in [0.2, 0.25) is 0 Å². The smallest absolute Gasteiger partial charge is 0.354 e. The van der Waals surface area contributed by atoms with Gasteiger partial charge in [0.25, 0.3) is 0 Å². The highest BCUT2D eigenvalue weighted by atomic mass is 19.1. The molecule has 1 saturated carbocycles. The molecule has 1 aliphatic carbocycles. The van der Waals surface area contributed by atoms with Gasteiger partial charge < -0.3 is 20.7 Å². The Kier molecular flexibility index (Phi) is 7.44. The third-order valence-corrected chi connectivity index (χ3v) is 6.78. The summed E-state index contributed by atoms with van der Waals surface area (Å²) in [6.45, 7) is 5.01. The van der Waals surface area contributed by atoms with Crippen molar-refractivity contribution in [2.75, 3.05) is 23.3 Å². The first-order valence-corrected chi connectivity index (χ1v) is 12.3. The zero-order valence-corrected chi connectivity index (χ0v) is 20.0. The maximum absolute atomic E-state index is 13.9. The van der Waals surface area contributed by atoms with Crippen LogP contribution in [0.5, 0.6) is 0 Å². The zero-order chi connectivity index (χ0) is 24.2. The number of anilines is 2. The zero-order valence-electron chi connectivity index (χ0n) is 20.0. The molecule has 34 heavy (non-hydrogen) atoms. The number of hydrogen-bond acceptors (Lipinski definition) is 6. The largest absolute Gasteiger partial charge is 0.477 e. The fraction of sp³-hybridized carbons (Fsp3) is 0.538. The lowest BCUT2D eigenvalue weighted by molar-refractivity contribution is 0.0690. The van der Waals surface area contributed by atoms with Crippen LogP contribution >= 0.6 is 0 Å². The third kappa shape index (κ3) is 5.37. The van der Waals surface area contributed by atoms with Gasteiger partial charge >= 0.3 is 5.97 Å². The number of hydrogen-bond donors (Lipinski definition) is 3.